The molecule has 1 N–H and O–H groups in total. The van der Waals surface area contributed by atoms with Gasteiger partial charge in [0.2, 0.25) is 5.88 Å². The maximum Gasteiger partial charge on any atom is 0.336 e. The fourth-order valence-corrected chi connectivity index (χ4v) is 1.90. The molecule has 1 heterocycles. The first-order valence-corrected chi connectivity index (χ1v) is 6.02. The number of benzene rings is 1. The second-order valence-corrected chi connectivity index (χ2v) is 4.39. The molecule has 0 unspecified atom stereocenters. The lowest BCUT2D eigenvalue weighted by molar-refractivity contribution is 0.0694. The van der Waals surface area contributed by atoms with Crippen LogP contribution in [0.4, 0.5) is 0 Å². The highest BCUT2D eigenvalue weighted by atomic mass is 35.5. The summed E-state index contributed by atoms with van der Waals surface area (Å²) in [5, 5.41) is 9.48. The molecule has 0 saturated heterocycles. The van der Waals surface area contributed by atoms with Gasteiger partial charge in [0.05, 0.1) is 5.56 Å². The lowest BCUT2D eigenvalue weighted by atomic mass is 10.1. The molecule has 0 aliphatic carbocycles. The third-order valence-corrected chi connectivity index (χ3v) is 3.02. The van der Waals surface area contributed by atoms with Gasteiger partial charge in [-0.25, -0.2) is 9.78 Å². The molecule has 4 nitrogen and oxygen atoms in total. The van der Waals surface area contributed by atoms with Crippen LogP contribution >= 0.6 is 11.6 Å². The van der Waals surface area contributed by atoms with Crippen molar-refractivity contribution in [2.45, 2.75) is 13.5 Å². The SMILES string of the molecule is Cc1cccnc1OCc1c(Cl)cccc1C(=O)O. The first-order chi connectivity index (χ1) is 9.09. The largest absolute Gasteiger partial charge is 0.478 e. The predicted octanol–water partition coefficient (Wildman–Crippen LogP) is 3.32. The van der Waals surface area contributed by atoms with Gasteiger partial charge in [0.25, 0.3) is 0 Å². The van der Waals surface area contributed by atoms with E-state index in [0.717, 1.165) is 5.56 Å². The van der Waals surface area contributed by atoms with Crippen LogP contribution < -0.4 is 4.74 Å². The van der Waals surface area contributed by atoms with Gasteiger partial charge in [0.15, 0.2) is 0 Å². The minimum absolute atomic E-state index is 0.0686. The van der Waals surface area contributed by atoms with E-state index in [1.807, 2.05) is 13.0 Å². The van der Waals surface area contributed by atoms with Crippen molar-refractivity contribution in [1.29, 1.82) is 0 Å². The van der Waals surface area contributed by atoms with Crippen LogP contribution in [0.5, 0.6) is 5.88 Å². The fraction of sp³-hybridized carbons (Fsp3) is 0.143. The van der Waals surface area contributed by atoms with E-state index < -0.39 is 5.97 Å². The van der Waals surface area contributed by atoms with Gasteiger partial charge in [-0.2, -0.15) is 0 Å². The lowest BCUT2D eigenvalue weighted by Crippen LogP contribution is -2.07. The van der Waals surface area contributed by atoms with Gasteiger partial charge in [0.1, 0.15) is 6.61 Å². The van der Waals surface area contributed by atoms with Gasteiger partial charge in [-0.3, -0.25) is 0 Å². The van der Waals surface area contributed by atoms with E-state index >= 15 is 0 Å². The Labute approximate surface area is 115 Å². The Balaban J connectivity index is 2.25. The number of halogens is 1. The number of ether oxygens (including phenoxy) is 1. The zero-order valence-corrected chi connectivity index (χ0v) is 11.0. The van der Waals surface area contributed by atoms with Gasteiger partial charge in [0, 0.05) is 22.3 Å². The highest BCUT2D eigenvalue weighted by Gasteiger charge is 2.14. The Bertz CT molecular complexity index is 613. The zero-order chi connectivity index (χ0) is 13.8. The number of aryl methyl sites for hydroxylation is 1. The molecular weight excluding hydrogens is 266 g/mol. The van der Waals surface area contributed by atoms with Crippen molar-refractivity contribution in [2.75, 3.05) is 0 Å². The van der Waals surface area contributed by atoms with Crippen molar-refractivity contribution in [3.05, 3.63) is 58.2 Å². The van der Waals surface area contributed by atoms with Crippen LogP contribution in [0, 0.1) is 6.92 Å². The molecule has 2 aromatic rings. The van der Waals surface area contributed by atoms with Gasteiger partial charge in [-0.05, 0) is 25.1 Å². The highest BCUT2D eigenvalue weighted by Crippen LogP contribution is 2.23. The summed E-state index contributed by atoms with van der Waals surface area (Å²) in [7, 11) is 0. The van der Waals surface area contributed by atoms with Crippen LogP contribution in [0.2, 0.25) is 5.02 Å². The molecule has 0 saturated carbocycles. The van der Waals surface area contributed by atoms with E-state index in [-0.39, 0.29) is 12.2 Å². The molecule has 0 spiro atoms. The first kappa shape index (κ1) is 13.4. The van der Waals surface area contributed by atoms with Gasteiger partial charge in [-0.15, -0.1) is 0 Å². The normalized spacial score (nSPS) is 10.2. The topological polar surface area (TPSA) is 59.4 Å². The van der Waals surface area contributed by atoms with Crippen LogP contribution in [0.15, 0.2) is 36.5 Å². The standard InChI is InChI=1S/C14H12ClNO3/c1-9-4-3-7-16-13(9)19-8-11-10(14(17)18)5-2-6-12(11)15/h2-7H,8H2,1H3,(H,17,18). The number of nitrogens with zero attached hydrogens (tertiary/aromatic N) is 1. The number of hydrogen-bond donors (Lipinski definition) is 1. The summed E-state index contributed by atoms with van der Waals surface area (Å²) in [5.41, 5.74) is 1.47. The highest BCUT2D eigenvalue weighted by molar-refractivity contribution is 6.31. The zero-order valence-electron chi connectivity index (χ0n) is 10.3. The number of carboxylic acid groups (broad SMARTS) is 1. The second kappa shape index (κ2) is 5.71. The van der Waals surface area contributed by atoms with Gasteiger partial charge < -0.3 is 9.84 Å². The number of aromatic nitrogens is 1. The minimum Gasteiger partial charge on any atom is -0.478 e. The van der Waals surface area contributed by atoms with Crippen molar-refractivity contribution >= 4 is 17.6 Å². The molecule has 0 bridgehead atoms. The van der Waals surface area contributed by atoms with Gasteiger partial charge in [-0.1, -0.05) is 23.7 Å². The molecule has 98 valence electrons. The monoisotopic (exact) mass is 277 g/mol. The number of hydrogen-bond acceptors (Lipinski definition) is 3. The summed E-state index contributed by atoms with van der Waals surface area (Å²) in [4.78, 5) is 15.2. The quantitative estimate of drug-likeness (QED) is 0.931. The van der Waals surface area contributed by atoms with E-state index in [9.17, 15) is 4.79 Å². The van der Waals surface area contributed by atoms with Crippen molar-refractivity contribution in [1.82, 2.24) is 4.98 Å². The van der Waals surface area contributed by atoms with E-state index in [1.165, 1.54) is 6.07 Å². The Morgan fingerprint density at radius 1 is 1.37 bits per heavy atom. The van der Waals surface area contributed by atoms with Crippen LogP contribution in [0.25, 0.3) is 0 Å². The molecule has 0 aliphatic rings. The summed E-state index contributed by atoms with van der Waals surface area (Å²) in [6.45, 7) is 1.94. The molecule has 0 amide bonds. The number of aromatic carboxylic acids is 1. The molecule has 1 aromatic heterocycles. The summed E-state index contributed by atoms with van der Waals surface area (Å²) in [6.07, 6.45) is 1.62. The summed E-state index contributed by atoms with van der Waals surface area (Å²) in [5.74, 6) is -0.558. The average molecular weight is 278 g/mol. The summed E-state index contributed by atoms with van der Waals surface area (Å²) >= 11 is 6.02. The molecule has 2 rings (SSSR count). The smallest absolute Gasteiger partial charge is 0.336 e. The minimum atomic E-state index is -1.03. The van der Waals surface area contributed by atoms with Crippen molar-refractivity contribution in [3.8, 4) is 5.88 Å². The van der Waals surface area contributed by atoms with Crippen LogP contribution in [-0.2, 0) is 6.61 Å². The Hall–Kier alpha value is -2.07. The molecule has 0 aliphatic heterocycles. The van der Waals surface area contributed by atoms with Gasteiger partial charge >= 0.3 is 5.97 Å². The van der Waals surface area contributed by atoms with E-state index in [2.05, 4.69) is 4.98 Å². The summed E-state index contributed by atoms with van der Waals surface area (Å²) in [6, 6.07) is 8.41. The average Bonchev–Trinajstić information content (AvgIpc) is 2.38. The molecule has 19 heavy (non-hydrogen) atoms. The molecular formula is C14H12ClNO3. The molecule has 1 aromatic carbocycles. The molecule has 0 radical (unpaired) electrons. The van der Waals surface area contributed by atoms with Crippen LogP contribution in [-0.4, -0.2) is 16.1 Å². The third kappa shape index (κ3) is 3.03. The number of pyridine rings is 1. The Kier molecular flexibility index (Phi) is 4.02. The third-order valence-electron chi connectivity index (χ3n) is 2.66. The predicted molar refractivity (Wildman–Crippen MR) is 71.7 cm³/mol. The number of carbonyl (C=O) groups is 1. The van der Waals surface area contributed by atoms with E-state index in [4.69, 9.17) is 21.4 Å². The number of carboxylic acids is 1. The molecule has 0 atom stereocenters. The number of rotatable bonds is 4. The second-order valence-electron chi connectivity index (χ2n) is 3.99. The van der Waals surface area contributed by atoms with E-state index in [1.54, 1.807) is 24.4 Å². The van der Waals surface area contributed by atoms with Crippen molar-refractivity contribution < 1.29 is 14.6 Å². The lowest BCUT2D eigenvalue weighted by Gasteiger charge is -2.11. The van der Waals surface area contributed by atoms with Crippen LogP contribution in [0.3, 0.4) is 0 Å². The Morgan fingerprint density at radius 2 is 2.16 bits per heavy atom. The maximum atomic E-state index is 11.1. The molecule has 5 heteroatoms. The van der Waals surface area contributed by atoms with Crippen molar-refractivity contribution in [3.63, 3.8) is 0 Å². The van der Waals surface area contributed by atoms with Crippen molar-refractivity contribution in [2.24, 2.45) is 0 Å². The first-order valence-electron chi connectivity index (χ1n) is 5.64. The molecule has 0 fully saturated rings. The summed E-state index contributed by atoms with van der Waals surface area (Å²) < 4.78 is 5.54. The van der Waals surface area contributed by atoms with Crippen LogP contribution in [0.1, 0.15) is 21.5 Å². The fourth-order valence-electron chi connectivity index (χ4n) is 1.67. The Morgan fingerprint density at radius 3 is 2.84 bits per heavy atom. The van der Waals surface area contributed by atoms with E-state index in [0.29, 0.717) is 16.5 Å². The maximum absolute atomic E-state index is 11.1.